The SMILES string of the molecule is C#C[C@]1(CO)O[C@@H](n2cnc3c(N)nc(F)nc32)C[C@@H]1OC(=O)[C@H]1CC[C@H](CCCCC)CC1. The molecule has 184 valence electrons. The lowest BCUT2D eigenvalue weighted by Crippen LogP contribution is -2.45. The number of terminal acetylenes is 1. The van der Waals surface area contributed by atoms with Gasteiger partial charge < -0.3 is 20.3 Å². The third-order valence-electron chi connectivity index (χ3n) is 7.15. The van der Waals surface area contributed by atoms with Crippen molar-refractivity contribution in [1.82, 2.24) is 19.5 Å². The van der Waals surface area contributed by atoms with Gasteiger partial charge in [-0.3, -0.25) is 9.36 Å². The Labute approximate surface area is 198 Å². The Morgan fingerprint density at radius 1 is 1.38 bits per heavy atom. The molecule has 0 aromatic carbocycles. The van der Waals surface area contributed by atoms with E-state index in [-0.39, 0.29) is 35.3 Å². The normalized spacial score (nSPS) is 29.2. The molecule has 0 bridgehead atoms. The maximum atomic E-state index is 13.8. The van der Waals surface area contributed by atoms with Crippen LogP contribution in [0.5, 0.6) is 0 Å². The zero-order valence-corrected chi connectivity index (χ0v) is 19.5. The zero-order chi connectivity index (χ0) is 24.3. The molecule has 2 aliphatic rings. The van der Waals surface area contributed by atoms with Crippen LogP contribution in [0.2, 0.25) is 0 Å². The molecule has 3 atom stereocenters. The molecule has 1 saturated heterocycles. The van der Waals surface area contributed by atoms with Gasteiger partial charge in [-0.05, 0) is 31.6 Å². The fourth-order valence-electron chi connectivity index (χ4n) is 5.09. The number of aliphatic hydroxyl groups excluding tert-OH is 1. The second-order valence-corrected chi connectivity index (χ2v) is 9.34. The number of aliphatic hydroxyl groups is 1. The largest absolute Gasteiger partial charge is 0.458 e. The van der Waals surface area contributed by atoms with E-state index in [0.29, 0.717) is 5.92 Å². The molecule has 10 heteroatoms. The summed E-state index contributed by atoms with van der Waals surface area (Å²) >= 11 is 0. The highest BCUT2D eigenvalue weighted by Gasteiger charge is 2.51. The molecule has 9 nitrogen and oxygen atoms in total. The molecular weight excluding hydrogens is 441 g/mol. The van der Waals surface area contributed by atoms with Gasteiger partial charge in [-0.15, -0.1) is 6.42 Å². The predicted octanol–water partition coefficient (Wildman–Crippen LogP) is 3.13. The van der Waals surface area contributed by atoms with Crippen LogP contribution in [-0.2, 0) is 14.3 Å². The summed E-state index contributed by atoms with van der Waals surface area (Å²) in [6.45, 7) is 1.66. The van der Waals surface area contributed by atoms with Gasteiger partial charge in [0.05, 0.1) is 18.9 Å². The average Bonchev–Trinajstić information content (AvgIpc) is 3.41. The molecule has 3 heterocycles. The number of esters is 1. The highest BCUT2D eigenvalue weighted by Crippen LogP contribution is 2.41. The fraction of sp³-hybridized carbons (Fsp3) is 0.667. The number of imidazole rings is 1. The molecule has 0 radical (unpaired) electrons. The summed E-state index contributed by atoms with van der Waals surface area (Å²) in [7, 11) is 0. The Morgan fingerprint density at radius 2 is 2.15 bits per heavy atom. The number of carbonyl (C=O) groups is 1. The van der Waals surface area contributed by atoms with Crippen LogP contribution < -0.4 is 5.73 Å². The Hall–Kier alpha value is -2.77. The van der Waals surface area contributed by atoms with Crippen LogP contribution in [0.25, 0.3) is 11.2 Å². The second kappa shape index (κ2) is 10.2. The summed E-state index contributed by atoms with van der Waals surface area (Å²) in [4.78, 5) is 24.4. The van der Waals surface area contributed by atoms with E-state index < -0.39 is 30.6 Å². The van der Waals surface area contributed by atoms with Gasteiger partial charge in [-0.25, -0.2) is 4.98 Å². The molecule has 4 rings (SSSR count). The van der Waals surface area contributed by atoms with Crippen molar-refractivity contribution in [1.29, 1.82) is 0 Å². The van der Waals surface area contributed by atoms with E-state index in [1.54, 1.807) is 0 Å². The van der Waals surface area contributed by atoms with Crippen LogP contribution in [0.15, 0.2) is 6.33 Å². The van der Waals surface area contributed by atoms with Gasteiger partial charge in [0.2, 0.25) is 0 Å². The third-order valence-corrected chi connectivity index (χ3v) is 7.15. The number of aromatic nitrogens is 4. The van der Waals surface area contributed by atoms with Crippen LogP contribution in [0.3, 0.4) is 0 Å². The summed E-state index contributed by atoms with van der Waals surface area (Å²) in [6, 6.07) is 0. The number of carbonyl (C=O) groups excluding carboxylic acids is 1. The Morgan fingerprint density at radius 3 is 2.82 bits per heavy atom. The van der Waals surface area contributed by atoms with E-state index in [1.807, 2.05) is 0 Å². The number of unbranched alkanes of at least 4 members (excludes halogenated alkanes) is 2. The van der Waals surface area contributed by atoms with Crippen molar-refractivity contribution in [3.05, 3.63) is 12.4 Å². The number of ether oxygens (including phenoxy) is 2. The van der Waals surface area contributed by atoms with Crippen LogP contribution in [-0.4, -0.2) is 48.9 Å². The smallest absolute Gasteiger partial charge is 0.312 e. The minimum Gasteiger partial charge on any atom is -0.458 e. The number of nitrogens with zero attached hydrogens (tertiary/aromatic N) is 4. The molecule has 0 amide bonds. The van der Waals surface area contributed by atoms with Crippen molar-refractivity contribution in [2.45, 2.75) is 82.6 Å². The van der Waals surface area contributed by atoms with Crippen molar-refractivity contribution in [3.63, 3.8) is 0 Å². The van der Waals surface area contributed by atoms with Crippen LogP contribution in [0, 0.1) is 30.3 Å². The summed E-state index contributed by atoms with van der Waals surface area (Å²) < 4.78 is 27.1. The summed E-state index contributed by atoms with van der Waals surface area (Å²) in [5.74, 6) is 2.53. The number of hydrogen-bond donors (Lipinski definition) is 2. The van der Waals surface area contributed by atoms with E-state index in [4.69, 9.17) is 21.6 Å². The minimum absolute atomic E-state index is 0.0992. The molecule has 1 aliphatic carbocycles. The van der Waals surface area contributed by atoms with Gasteiger partial charge in [0.15, 0.2) is 22.6 Å². The van der Waals surface area contributed by atoms with Gasteiger partial charge in [0.25, 0.3) is 0 Å². The van der Waals surface area contributed by atoms with Crippen LogP contribution in [0.1, 0.15) is 70.9 Å². The van der Waals surface area contributed by atoms with E-state index in [1.165, 1.54) is 36.6 Å². The molecule has 34 heavy (non-hydrogen) atoms. The van der Waals surface area contributed by atoms with Crippen LogP contribution >= 0.6 is 0 Å². The summed E-state index contributed by atoms with van der Waals surface area (Å²) in [5, 5.41) is 10.1. The van der Waals surface area contributed by atoms with Gasteiger partial charge in [-0.1, -0.05) is 38.5 Å². The number of fused-ring (bicyclic) bond motifs is 1. The number of nitrogen functional groups attached to an aromatic ring is 1. The van der Waals surface area contributed by atoms with Crippen molar-refractivity contribution in [2.75, 3.05) is 12.3 Å². The summed E-state index contributed by atoms with van der Waals surface area (Å²) in [5.41, 5.74) is 4.57. The topological polar surface area (TPSA) is 125 Å². The molecule has 1 aliphatic heterocycles. The molecular formula is C24H32FN5O4. The molecule has 1 saturated carbocycles. The highest BCUT2D eigenvalue weighted by atomic mass is 19.1. The van der Waals surface area contributed by atoms with Gasteiger partial charge in [0.1, 0.15) is 12.3 Å². The zero-order valence-electron chi connectivity index (χ0n) is 19.5. The summed E-state index contributed by atoms with van der Waals surface area (Å²) in [6.07, 6.45) is 13.1. The highest BCUT2D eigenvalue weighted by molar-refractivity contribution is 5.81. The number of halogens is 1. The van der Waals surface area contributed by atoms with Gasteiger partial charge in [-0.2, -0.15) is 14.4 Å². The lowest BCUT2D eigenvalue weighted by molar-refractivity contribution is -0.164. The Balaban J connectivity index is 1.45. The molecule has 2 fully saturated rings. The maximum absolute atomic E-state index is 13.8. The maximum Gasteiger partial charge on any atom is 0.312 e. The molecule has 2 aromatic rings. The van der Waals surface area contributed by atoms with Crippen molar-refractivity contribution in [3.8, 4) is 12.3 Å². The lowest BCUT2D eigenvalue weighted by atomic mass is 9.79. The van der Waals surface area contributed by atoms with Gasteiger partial charge >= 0.3 is 12.0 Å². The quantitative estimate of drug-likeness (QED) is 0.259. The lowest BCUT2D eigenvalue weighted by Gasteiger charge is -2.31. The number of rotatable bonds is 8. The molecule has 2 aromatic heterocycles. The van der Waals surface area contributed by atoms with Crippen molar-refractivity contribution < 1.29 is 23.8 Å². The molecule has 3 N–H and O–H groups in total. The minimum atomic E-state index is -1.52. The van der Waals surface area contributed by atoms with Crippen LogP contribution in [0.4, 0.5) is 10.2 Å². The first kappa shape index (κ1) is 24.4. The number of hydrogen-bond acceptors (Lipinski definition) is 8. The van der Waals surface area contributed by atoms with E-state index >= 15 is 0 Å². The van der Waals surface area contributed by atoms with Gasteiger partial charge in [0, 0.05) is 6.42 Å². The van der Waals surface area contributed by atoms with Crippen molar-refractivity contribution in [2.24, 2.45) is 11.8 Å². The average molecular weight is 474 g/mol. The Kier molecular flexibility index (Phi) is 7.33. The second-order valence-electron chi connectivity index (χ2n) is 9.34. The third kappa shape index (κ3) is 4.72. The van der Waals surface area contributed by atoms with E-state index in [0.717, 1.165) is 25.7 Å². The first-order valence-electron chi connectivity index (χ1n) is 12.0. The van der Waals surface area contributed by atoms with E-state index in [9.17, 15) is 14.3 Å². The van der Waals surface area contributed by atoms with E-state index in [2.05, 4.69) is 27.8 Å². The number of anilines is 1. The first-order valence-corrected chi connectivity index (χ1v) is 12.0. The molecule has 0 unspecified atom stereocenters. The predicted molar refractivity (Wildman–Crippen MR) is 123 cm³/mol. The standard InChI is InChI=1S/C24H32FN5O4/c1-3-5-6-7-15-8-10-16(11-9-15)22(32)33-17-12-18(34-24(17,4-2)13-31)30-14-27-19-20(26)28-23(25)29-21(19)30/h2,14-18,31H,3,5-13H2,1H3,(H2,26,28,29)/t15-,16-,17-,18+,24+/m0/s1. The molecule has 0 spiro atoms. The van der Waals surface area contributed by atoms with Crippen molar-refractivity contribution >= 4 is 23.0 Å². The first-order chi connectivity index (χ1) is 16.4. The number of nitrogens with two attached hydrogens (primary N) is 1. The Bertz CT molecular complexity index is 1060. The monoisotopic (exact) mass is 473 g/mol. The fourth-order valence-corrected chi connectivity index (χ4v) is 5.09.